The van der Waals surface area contributed by atoms with E-state index < -0.39 is 0 Å². The maximum absolute atomic E-state index is 5.23. The fourth-order valence-electron chi connectivity index (χ4n) is 2.08. The fraction of sp³-hybridized carbons (Fsp3) is 0.600. The Morgan fingerprint density at radius 1 is 1.35 bits per heavy atom. The van der Waals surface area contributed by atoms with Crippen LogP contribution in [0.4, 0.5) is 0 Å². The zero-order valence-electron chi connectivity index (χ0n) is 9.39. The number of H-pyrrole nitrogens is 1. The molecule has 0 aromatic carbocycles. The Hall–Kier alpha value is -1.76. The molecule has 7 heteroatoms. The molecule has 3 heterocycles. The van der Waals surface area contributed by atoms with Crippen LogP contribution in [0.25, 0.3) is 11.5 Å². The van der Waals surface area contributed by atoms with Crippen molar-refractivity contribution in [1.29, 1.82) is 0 Å². The molecule has 3 rings (SSSR count). The highest BCUT2D eigenvalue weighted by atomic mass is 16.5. The van der Waals surface area contributed by atoms with Gasteiger partial charge < -0.3 is 9.84 Å². The maximum atomic E-state index is 5.23. The van der Waals surface area contributed by atoms with Gasteiger partial charge in [-0.1, -0.05) is 5.16 Å². The van der Waals surface area contributed by atoms with Crippen molar-refractivity contribution in [3.05, 3.63) is 12.1 Å². The zero-order valence-corrected chi connectivity index (χ0v) is 9.39. The molecule has 1 aliphatic heterocycles. The van der Waals surface area contributed by atoms with Crippen molar-refractivity contribution in [3.63, 3.8) is 0 Å². The third kappa shape index (κ3) is 2.33. The van der Waals surface area contributed by atoms with Gasteiger partial charge in [-0.05, 0) is 31.8 Å². The van der Waals surface area contributed by atoms with Crippen molar-refractivity contribution >= 4 is 0 Å². The van der Waals surface area contributed by atoms with Gasteiger partial charge in [0, 0.05) is 6.42 Å². The molecule has 0 aliphatic carbocycles. The molecule has 7 nitrogen and oxygen atoms in total. The third-order valence-corrected chi connectivity index (χ3v) is 3.03. The van der Waals surface area contributed by atoms with E-state index in [2.05, 4.69) is 30.9 Å². The average Bonchev–Trinajstić information content (AvgIpc) is 3.00. The van der Waals surface area contributed by atoms with E-state index in [0.29, 0.717) is 23.3 Å². The van der Waals surface area contributed by atoms with Crippen molar-refractivity contribution in [2.24, 2.45) is 5.92 Å². The number of hydrogen-bond acceptors (Lipinski definition) is 6. The lowest BCUT2D eigenvalue weighted by atomic mass is 9.95. The van der Waals surface area contributed by atoms with Gasteiger partial charge in [-0.25, -0.2) is 0 Å². The number of aromatic nitrogens is 5. The summed E-state index contributed by atoms with van der Waals surface area (Å²) in [5.74, 6) is 1.83. The van der Waals surface area contributed by atoms with Gasteiger partial charge >= 0.3 is 0 Å². The Bertz CT molecular complexity index is 459. The standard InChI is InChI=1S/C10H14N6O/c1-3-11-4-2-7(1)5-9-13-10(15-17-9)8-6-12-16-14-8/h6-7,11H,1-5H2,(H,12,14,16). The molecule has 0 bridgehead atoms. The molecule has 0 radical (unpaired) electrons. The number of nitrogens with zero attached hydrogens (tertiary/aromatic N) is 4. The molecule has 0 saturated carbocycles. The second kappa shape index (κ2) is 4.62. The van der Waals surface area contributed by atoms with Gasteiger partial charge in [0.2, 0.25) is 11.7 Å². The molecule has 1 aliphatic rings. The highest BCUT2D eigenvalue weighted by Crippen LogP contribution is 2.18. The molecule has 0 amide bonds. The van der Waals surface area contributed by atoms with Crippen LogP contribution in [0.2, 0.25) is 0 Å². The predicted octanol–water partition coefficient (Wildman–Crippen LogP) is 0.397. The zero-order chi connectivity index (χ0) is 11.5. The molecular weight excluding hydrogens is 220 g/mol. The van der Waals surface area contributed by atoms with E-state index in [0.717, 1.165) is 19.5 Å². The maximum Gasteiger partial charge on any atom is 0.227 e. The lowest BCUT2D eigenvalue weighted by Gasteiger charge is -2.20. The van der Waals surface area contributed by atoms with Crippen LogP contribution in [0.5, 0.6) is 0 Å². The summed E-state index contributed by atoms with van der Waals surface area (Å²) >= 11 is 0. The normalized spacial score (nSPS) is 17.4. The first-order valence-corrected chi connectivity index (χ1v) is 5.81. The smallest absolute Gasteiger partial charge is 0.227 e. The summed E-state index contributed by atoms with van der Waals surface area (Å²) < 4.78 is 5.23. The highest BCUT2D eigenvalue weighted by Gasteiger charge is 2.18. The third-order valence-electron chi connectivity index (χ3n) is 3.03. The second-order valence-corrected chi connectivity index (χ2v) is 4.26. The Labute approximate surface area is 98.0 Å². The minimum Gasteiger partial charge on any atom is -0.339 e. The van der Waals surface area contributed by atoms with E-state index in [1.807, 2.05) is 0 Å². The van der Waals surface area contributed by atoms with Crippen molar-refractivity contribution in [3.8, 4) is 11.5 Å². The molecule has 0 unspecified atom stereocenters. The first-order chi connectivity index (χ1) is 8.42. The summed E-state index contributed by atoms with van der Waals surface area (Å²) in [6, 6.07) is 0. The molecule has 2 N–H and O–H groups in total. The van der Waals surface area contributed by atoms with Crippen LogP contribution in [0.3, 0.4) is 0 Å². The van der Waals surface area contributed by atoms with Gasteiger partial charge in [-0.2, -0.15) is 20.4 Å². The second-order valence-electron chi connectivity index (χ2n) is 4.26. The minimum absolute atomic E-state index is 0.502. The highest BCUT2D eigenvalue weighted by molar-refractivity contribution is 5.44. The summed E-state index contributed by atoms with van der Waals surface area (Å²) in [5, 5.41) is 17.4. The Balaban J connectivity index is 1.68. The van der Waals surface area contributed by atoms with E-state index in [1.54, 1.807) is 6.20 Å². The van der Waals surface area contributed by atoms with Crippen LogP contribution < -0.4 is 5.32 Å². The van der Waals surface area contributed by atoms with Gasteiger partial charge in [-0.15, -0.1) is 0 Å². The summed E-state index contributed by atoms with van der Waals surface area (Å²) in [6.07, 6.45) is 4.77. The minimum atomic E-state index is 0.502. The summed E-state index contributed by atoms with van der Waals surface area (Å²) in [6.45, 7) is 2.16. The quantitative estimate of drug-likeness (QED) is 0.798. The van der Waals surface area contributed by atoms with Crippen LogP contribution in [0, 0.1) is 5.92 Å². The monoisotopic (exact) mass is 234 g/mol. The average molecular weight is 234 g/mol. The van der Waals surface area contributed by atoms with Gasteiger partial charge in [-0.3, -0.25) is 0 Å². The van der Waals surface area contributed by atoms with Crippen LogP contribution in [-0.2, 0) is 6.42 Å². The van der Waals surface area contributed by atoms with E-state index >= 15 is 0 Å². The van der Waals surface area contributed by atoms with E-state index in [4.69, 9.17) is 4.52 Å². The summed E-state index contributed by atoms with van der Waals surface area (Å²) in [7, 11) is 0. The lowest BCUT2D eigenvalue weighted by Crippen LogP contribution is -2.28. The van der Waals surface area contributed by atoms with Crippen LogP contribution in [0.15, 0.2) is 10.7 Å². The molecule has 1 saturated heterocycles. The Kier molecular flexibility index (Phi) is 2.83. The van der Waals surface area contributed by atoms with E-state index in [-0.39, 0.29) is 0 Å². The van der Waals surface area contributed by atoms with Crippen molar-refractivity contribution in [1.82, 2.24) is 30.9 Å². The molecule has 90 valence electrons. The van der Waals surface area contributed by atoms with Crippen LogP contribution >= 0.6 is 0 Å². The van der Waals surface area contributed by atoms with Crippen LogP contribution in [-0.4, -0.2) is 38.6 Å². The largest absolute Gasteiger partial charge is 0.339 e. The van der Waals surface area contributed by atoms with Gasteiger partial charge in [0.05, 0.1) is 6.20 Å². The predicted molar refractivity (Wildman–Crippen MR) is 59.0 cm³/mol. The fourth-order valence-corrected chi connectivity index (χ4v) is 2.08. The first kappa shape index (κ1) is 10.4. The number of rotatable bonds is 3. The van der Waals surface area contributed by atoms with Crippen molar-refractivity contribution in [2.45, 2.75) is 19.3 Å². The summed E-state index contributed by atoms with van der Waals surface area (Å²) in [4.78, 5) is 4.33. The molecule has 1 fully saturated rings. The molecule has 0 spiro atoms. The SMILES string of the molecule is c1n[nH]nc1-c1noc(CC2CCNCC2)n1. The first-order valence-electron chi connectivity index (χ1n) is 5.81. The molecule has 17 heavy (non-hydrogen) atoms. The van der Waals surface area contributed by atoms with Gasteiger partial charge in [0.1, 0.15) is 0 Å². The Morgan fingerprint density at radius 3 is 3.00 bits per heavy atom. The molecule has 2 aromatic rings. The number of nitrogens with one attached hydrogen (secondary N) is 2. The number of aromatic amines is 1. The number of piperidine rings is 1. The summed E-state index contributed by atoms with van der Waals surface area (Å²) in [5.41, 5.74) is 0.616. The van der Waals surface area contributed by atoms with E-state index in [9.17, 15) is 0 Å². The topological polar surface area (TPSA) is 92.5 Å². The van der Waals surface area contributed by atoms with Crippen molar-refractivity contribution in [2.75, 3.05) is 13.1 Å². The Morgan fingerprint density at radius 2 is 2.24 bits per heavy atom. The van der Waals surface area contributed by atoms with Crippen molar-refractivity contribution < 1.29 is 4.52 Å². The van der Waals surface area contributed by atoms with Crippen LogP contribution in [0.1, 0.15) is 18.7 Å². The lowest BCUT2D eigenvalue weighted by molar-refractivity contribution is 0.313. The molecule has 0 atom stereocenters. The molecular formula is C10H14N6O. The van der Waals surface area contributed by atoms with E-state index in [1.165, 1.54) is 12.8 Å². The van der Waals surface area contributed by atoms with Gasteiger partial charge in [0.15, 0.2) is 5.69 Å². The molecule has 2 aromatic heterocycles. The van der Waals surface area contributed by atoms with Gasteiger partial charge in [0.25, 0.3) is 0 Å². The number of hydrogen-bond donors (Lipinski definition) is 2.